The summed E-state index contributed by atoms with van der Waals surface area (Å²) >= 11 is 5.80. The summed E-state index contributed by atoms with van der Waals surface area (Å²) in [7, 11) is 0. The molecule has 1 fully saturated rings. The van der Waals surface area contributed by atoms with Crippen LogP contribution in [0.3, 0.4) is 0 Å². The Labute approximate surface area is 152 Å². The highest BCUT2D eigenvalue weighted by Crippen LogP contribution is 2.20. The second kappa shape index (κ2) is 9.09. The summed E-state index contributed by atoms with van der Waals surface area (Å²) in [4.78, 5) is 25.8. The highest BCUT2D eigenvalue weighted by molar-refractivity contribution is 6.30. The number of halogens is 1. The molecule has 1 amide bonds. The lowest BCUT2D eigenvalue weighted by Gasteiger charge is -2.30. The van der Waals surface area contributed by atoms with Crippen molar-refractivity contribution in [3.63, 3.8) is 0 Å². The summed E-state index contributed by atoms with van der Waals surface area (Å²) in [5.41, 5.74) is 0.584. The van der Waals surface area contributed by atoms with Gasteiger partial charge in [-0.25, -0.2) is 0 Å². The average molecular weight is 362 g/mol. The van der Waals surface area contributed by atoms with Crippen molar-refractivity contribution in [2.45, 2.75) is 19.8 Å². The topological polar surface area (TPSA) is 82.4 Å². The minimum atomic E-state index is -0.475. The Morgan fingerprint density at radius 1 is 1.36 bits per heavy atom. The second-order valence-corrected chi connectivity index (χ2v) is 6.11. The van der Waals surface area contributed by atoms with Gasteiger partial charge in [-0.05, 0) is 44.0 Å². The molecule has 2 rings (SSSR count). The average Bonchev–Trinajstić information content (AvgIpc) is 2.62. The molecule has 1 aromatic carbocycles. The van der Waals surface area contributed by atoms with Gasteiger partial charge in [-0.1, -0.05) is 11.6 Å². The minimum Gasteiger partial charge on any atom is -0.466 e. The Kier molecular flexibility index (Phi) is 6.84. The van der Waals surface area contributed by atoms with Crippen molar-refractivity contribution in [2.75, 3.05) is 25.0 Å². The van der Waals surface area contributed by atoms with Crippen molar-refractivity contribution >= 4 is 29.2 Å². The molecule has 1 saturated heterocycles. The molecule has 1 aliphatic rings. The lowest BCUT2D eigenvalue weighted by atomic mass is 9.97. The van der Waals surface area contributed by atoms with Crippen LogP contribution in [0.5, 0.6) is 0 Å². The first kappa shape index (κ1) is 18.8. The molecule has 0 radical (unpaired) electrons. The molecule has 6 nitrogen and oxygen atoms in total. The number of nitriles is 1. The number of amides is 1. The number of piperidine rings is 1. The van der Waals surface area contributed by atoms with E-state index < -0.39 is 5.91 Å². The van der Waals surface area contributed by atoms with Gasteiger partial charge in [-0.2, -0.15) is 5.26 Å². The predicted molar refractivity (Wildman–Crippen MR) is 94.7 cm³/mol. The molecule has 1 N–H and O–H groups in total. The summed E-state index contributed by atoms with van der Waals surface area (Å²) in [5, 5.41) is 12.5. The Hall–Kier alpha value is -2.52. The normalized spacial score (nSPS) is 15.4. The smallest absolute Gasteiger partial charge is 0.309 e. The molecule has 0 saturated carbocycles. The third-order valence-electron chi connectivity index (χ3n) is 3.93. The van der Waals surface area contributed by atoms with Gasteiger partial charge < -0.3 is 15.0 Å². The Balaban J connectivity index is 1.94. The summed E-state index contributed by atoms with van der Waals surface area (Å²) in [6, 6.07) is 8.58. The largest absolute Gasteiger partial charge is 0.466 e. The maximum Gasteiger partial charge on any atom is 0.309 e. The lowest BCUT2D eigenvalue weighted by molar-refractivity contribution is -0.149. The zero-order valence-electron chi connectivity index (χ0n) is 14.0. The number of rotatable bonds is 5. The standard InChI is InChI=1S/C18H20ClN3O3/c1-2-25-18(24)13-7-9-22(10-8-13)12-14(11-20)17(23)21-16-5-3-15(19)4-6-16/h3-6,12-13H,2,7-10H2,1H3,(H,21,23)/b14-12-. The van der Waals surface area contributed by atoms with Crippen LogP contribution in [0.4, 0.5) is 5.69 Å². The number of carbonyl (C=O) groups excluding carboxylic acids is 2. The maximum atomic E-state index is 12.2. The molecule has 25 heavy (non-hydrogen) atoms. The molecule has 0 spiro atoms. The molecule has 0 aromatic heterocycles. The maximum absolute atomic E-state index is 12.2. The number of ether oxygens (including phenoxy) is 1. The van der Waals surface area contributed by atoms with Crippen LogP contribution >= 0.6 is 11.6 Å². The number of nitrogens with zero attached hydrogens (tertiary/aromatic N) is 2. The SMILES string of the molecule is CCOC(=O)C1CCN(/C=C(/C#N)C(=O)Nc2ccc(Cl)cc2)CC1. The van der Waals surface area contributed by atoms with Crippen molar-refractivity contribution in [3.8, 4) is 6.07 Å². The number of hydrogen-bond acceptors (Lipinski definition) is 5. The molecule has 132 valence electrons. The van der Waals surface area contributed by atoms with E-state index in [1.165, 1.54) is 0 Å². The van der Waals surface area contributed by atoms with E-state index in [9.17, 15) is 14.9 Å². The van der Waals surface area contributed by atoms with E-state index in [2.05, 4.69) is 5.32 Å². The van der Waals surface area contributed by atoms with Gasteiger partial charge in [0.25, 0.3) is 5.91 Å². The van der Waals surface area contributed by atoms with Crippen LogP contribution in [-0.2, 0) is 14.3 Å². The monoisotopic (exact) mass is 361 g/mol. The molecule has 0 bridgehead atoms. The predicted octanol–water partition coefficient (Wildman–Crippen LogP) is 2.96. The summed E-state index contributed by atoms with van der Waals surface area (Å²) < 4.78 is 5.03. The van der Waals surface area contributed by atoms with E-state index in [0.717, 1.165) is 0 Å². The Morgan fingerprint density at radius 2 is 2.00 bits per heavy atom. The molecule has 1 aliphatic heterocycles. The first-order valence-electron chi connectivity index (χ1n) is 8.13. The number of likely N-dealkylation sites (tertiary alicyclic amines) is 1. The fourth-order valence-electron chi connectivity index (χ4n) is 2.58. The quantitative estimate of drug-likeness (QED) is 0.495. The lowest BCUT2D eigenvalue weighted by Crippen LogP contribution is -2.34. The zero-order valence-corrected chi connectivity index (χ0v) is 14.8. The highest BCUT2D eigenvalue weighted by atomic mass is 35.5. The van der Waals surface area contributed by atoms with Crippen LogP contribution in [0.15, 0.2) is 36.0 Å². The van der Waals surface area contributed by atoms with Gasteiger partial charge >= 0.3 is 5.97 Å². The van der Waals surface area contributed by atoms with Gasteiger partial charge in [0, 0.05) is 30.0 Å². The van der Waals surface area contributed by atoms with Crippen molar-refractivity contribution in [3.05, 3.63) is 41.1 Å². The number of hydrogen-bond donors (Lipinski definition) is 1. The molecule has 1 heterocycles. The molecular weight excluding hydrogens is 342 g/mol. The van der Waals surface area contributed by atoms with Crippen molar-refractivity contribution in [1.82, 2.24) is 4.90 Å². The highest BCUT2D eigenvalue weighted by Gasteiger charge is 2.25. The number of anilines is 1. The Morgan fingerprint density at radius 3 is 2.56 bits per heavy atom. The molecule has 0 unspecified atom stereocenters. The van der Waals surface area contributed by atoms with Gasteiger partial charge in [0.2, 0.25) is 0 Å². The molecule has 1 aromatic rings. The zero-order chi connectivity index (χ0) is 18.2. The van der Waals surface area contributed by atoms with Gasteiger partial charge in [-0.3, -0.25) is 9.59 Å². The summed E-state index contributed by atoms with van der Waals surface area (Å²) in [6.45, 7) is 3.36. The van der Waals surface area contributed by atoms with Crippen molar-refractivity contribution in [1.29, 1.82) is 5.26 Å². The van der Waals surface area contributed by atoms with Gasteiger partial charge in [-0.15, -0.1) is 0 Å². The Bertz CT molecular complexity index is 687. The van der Waals surface area contributed by atoms with Crippen LogP contribution < -0.4 is 5.32 Å². The number of benzene rings is 1. The number of carbonyl (C=O) groups is 2. The minimum absolute atomic E-state index is 0.0181. The van der Waals surface area contributed by atoms with Crippen LogP contribution in [0.1, 0.15) is 19.8 Å². The molecular formula is C18H20ClN3O3. The number of nitrogens with one attached hydrogen (secondary N) is 1. The van der Waals surface area contributed by atoms with Gasteiger partial charge in [0.1, 0.15) is 11.6 Å². The third-order valence-corrected chi connectivity index (χ3v) is 4.18. The summed E-state index contributed by atoms with van der Waals surface area (Å²) in [5.74, 6) is -0.762. The van der Waals surface area contributed by atoms with E-state index >= 15 is 0 Å². The second-order valence-electron chi connectivity index (χ2n) is 5.68. The summed E-state index contributed by atoms with van der Waals surface area (Å²) in [6.07, 6.45) is 2.84. The fraction of sp³-hybridized carbons (Fsp3) is 0.389. The first-order valence-corrected chi connectivity index (χ1v) is 8.50. The van der Waals surface area contributed by atoms with E-state index in [4.69, 9.17) is 16.3 Å². The molecule has 0 atom stereocenters. The fourth-order valence-corrected chi connectivity index (χ4v) is 2.70. The van der Waals surface area contributed by atoms with E-state index in [1.54, 1.807) is 37.4 Å². The van der Waals surface area contributed by atoms with Crippen LogP contribution in [-0.4, -0.2) is 36.5 Å². The number of esters is 1. The van der Waals surface area contributed by atoms with Crippen molar-refractivity contribution < 1.29 is 14.3 Å². The van der Waals surface area contributed by atoms with E-state index in [0.29, 0.717) is 43.2 Å². The molecule has 7 heteroatoms. The molecule has 0 aliphatic carbocycles. The first-order chi connectivity index (χ1) is 12.0. The van der Waals surface area contributed by atoms with Crippen molar-refractivity contribution in [2.24, 2.45) is 5.92 Å². The van der Waals surface area contributed by atoms with Crippen LogP contribution in [0.25, 0.3) is 0 Å². The van der Waals surface area contributed by atoms with Crippen LogP contribution in [0.2, 0.25) is 5.02 Å². The van der Waals surface area contributed by atoms with Crippen LogP contribution in [0, 0.1) is 17.2 Å². The van der Waals surface area contributed by atoms with E-state index in [-0.39, 0.29) is 17.5 Å². The third kappa shape index (κ3) is 5.50. The van der Waals surface area contributed by atoms with E-state index in [1.807, 2.05) is 11.0 Å². The van der Waals surface area contributed by atoms with Gasteiger partial charge in [0.15, 0.2) is 0 Å². The van der Waals surface area contributed by atoms with Gasteiger partial charge in [0.05, 0.1) is 12.5 Å².